The molecule has 0 bridgehead atoms. The maximum atomic E-state index is 14.7. The number of nitrogens with one attached hydrogen (secondary N) is 1. The molecule has 154 valence electrons. The van der Waals surface area contributed by atoms with E-state index < -0.39 is 21.9 Å². The minimum absolute atomic E-state index is 0.0310. The number of carbonyl (C=O) groups is 1. The first kappa shape index (κ1) is 21.0. The van der Waals surface area contributed by atoms with E-state index in [1.807, 2.05) is 30.3 Å². The number of hydrogen-bond donors (Lipinski definition) is 1. The van der Waals surface area contributed by atoms with Crippen molar-refractivity contribution in [3.05, 3.63) is 78.1 Å². The lowest BCUT2D eigenvalue weighted by Crippen LogP contribution is -2.41. The molecular formula is C21H23FN2O4S. The monoisotopic (exact) mass is 418 g/mol. The molecule has 0 radical (unpaired) electrons. The number of anilines is 1. The first-order chi connectivity index (χ1) is 13.9. The number of nitrogens with zero attached hydrogens (tertiary/aromatic N) is 1. The SMILES string of the molecule is C=CCN1CC(c2ccc(NC(=O)OCc3ccccc3)cc2F)CCS1(=O)=O. The number of carbonyl (C=O) groups excluding carboxylic acids is 1. The quantitative estimate of drug-likeness (QED) is 0.723. The molecule has 0 aromatic heterocycles. The number of rotatable bonds is 6. The molecule has 8 heteroatoms. The highest BCUT2D eigenvalue weighted by Crippen LogP contribution is 2.31. The summed E-state index contributed by atoms with van der Waals surface area (Å²) in [6.45, 7) is 4.10. The van der Waals surface area contributed by atoms with Crippen molar-refractivity contribution in [3.8, 4) is 0 Å². The van der Waals surface area contributed by atoms with Crippen LogP contribution in [0.4, 0.5) is 14.9 Å². The van der Waals surface area contributed by atoms with Crippen molar-refractivity contribution in [2.75, 3.05) is 24.2 Å². The van der Waals surface area contributed by atoms with Crippen molar-refractivity contribution in [1.29, 1.82) is 0 Å². The average molecular weight is 418 g/mol. The summed E-state index contributed by atoms with van der Waals surface area (Å²) in [5.74, 6) is -0.775. The fourth-order valence-electron chi connectivity index (χ4n) is 3.27. The summed E-state index contributed by atoms with van der Waals surface area (Å²) in [5, 5.41) is 2.50. The van der Waals surface area contributed by atoms with Crippen LogP contribution in [0.3, 0.4) is 0 Å². The van der Waals surface area contributed by atoms with Crippen molar-refractivity contribution in [1.82, 2.24) is 4.31 Å². The van der Waals surface area contributed by atoms with Gasteiger partial charge in [0.1, 0.15) is 12.4 Å². The van der Waals surface area contributed by atoms with E-state index in [9.17, 15) is 17.6 Å². The van der Waals surface area contributed by atoms with Gasteiger partial charge >= 0.3 is 6.09 Å². The Morgan fingerprint density at radius 3 is 2.72 bits per heavy atom. The predicted octanol–water partition coefficient (Wildman–Crippen LogP) is 3.88. The standard InChI is InChI=1S/C21H23FN2O4S/c1-2-11-24-14-17(10-12-29(24,26)27)19-9-8-18(13-20(19)22)23-21(25)28-15-16-6-4-3-5-7-16/h2-9,13,17H,1,10-12,14-15H2,(H,23,25). The third-order valence-electron chi connectivity index (χ3n) is 4.77. The molecule has 6 nitrogen and oxygen atoms in total. The van der Waals surface area contributed by atoms with Crippen LogP contribution in [-0.4, -0.2) is 37.7 Å². The van der Waals surface area contributed by atoms with Crippen LogP contribution in [0.5, 0.6) is 0 Å². The van der Waals surface area contributed by atoms with E-state index in [0.29, 0.717) is 12.0 Å². The molecule has 1 fully saturated rings. The maximum absolute atomic E-state index is 14.7. The zero-order valence-electron chi connectivity index (χ0n) is 15.9. The Morgan fingerprint density at radius 1 is 1.28 bits per heavy atom. The molecule has 0 aliphatic carbocycles. The number of sulfonamides is 1. The number of hydrogen-bond acceptors (Lipinski definition) is 4. The van der Waals surface area contributed by atoms with Crippen LogP contribution in [0.1, 0.15) is 23.5 Å². The van der Waals surface area contributed by atoms with Gasteiger partial charge in [-0.2, -0.15) is 4.31 Å². The van der Waals surface area contributed by atoms with Gasteiger partial charge in [0.05, 0.1) is 5.75 Å². The zero-order valence-corrected chi connectivity index (χ0v) is 16.7. The van der Waals surface area contributed by atoms with E-state index in [-0.39, 0.29) is 37.1 Å². The van der Waals surface area contributed by atoms with Gasteiger partial charge in [-0.15, -0.1) is 6.58 Å². The summed E-state index contributed by atoms with van der Waals surface area (Å²) in [5.41, 5.74) is 1.55. The lowest BCUT2D eigenvalue weighted by Gasteiger charge is -2.31. The van der Waals surface area contributed by atoms with Crippen molar-refractivity contribution >= 4 is 21.8 Å². The summed E-state index contributed by atoms with van der Waals surface area (Å²) in [6, 6.07) is 13.6. The second kappa shape index (κ2) is 9.19. The van der Waals surface area contributed by atoms with E-state index in [1.54, 1.807) is 12.1 Å². The molecule has 1 aliphatic heterocycles. The van der Waals surface area contributed by atoms with Crippen LogP contribution in [0.15, 0.2) is 61.2 Å². The van der Waals surface area contributed by atoms with Gasteiger partial charge in [0.25, 0.3) is 0 Å². The Balaban J connectivity index is 1.62. The highest BCUT2D eigenvalue weighted by atomic mass is 32.2. The molecular weight excluding hydrogens is 395 g/mol. The molecule has 1 heterocycles. The van der Waals surface area contributed by atoms with Crippen LogP contribution in [0, 0.1) is 5.82 Å². The molecule has 1 amide bonds. The Labute approximate surface area is 170 Å². The molecule has 1 N–H and O–H groups in total. The zero-order chi connectivity index (χ0) is 20.9. The molecule has 1 atom stereocenters. The van der Waals surface area contributed by atoms with E-state index in [4.69, 9.17) is 4.74 Å². The molecule has 1 unspecified atom stereocenters. The fourth-order valence-corrected chi connectivity index (χ4v) is 4.85. The lowest BCUT2D eigenvalue weighted by molar-refractivity contribution is 0.155. The number of amides is 1. The van der Waals surface area contributed by atoms with Crippen molar-refractivity contribution < 1.29 is 22.3 Å². The van der Waals surface area contributed by atoms with E-state index in [2.05, 4.69) is 11.9 Å². The smallest absolute Gasteiger partial charge is 0.411 e. The minimum atomic E-state index is -3.33. The van der Waals surface area contributed by atoms with Gasteiger partial charge in [0.2, 0.25) is 10.0 Å². The van der Waals surface area contributed by atoms with Gasteiger partial charge in [-0.1, -0.05) is 42.5 Å². The maximum Gasteiger partial charge on any atom is 0.411 e. The van der Waals surface area contributed by atoms with Gasteiger partial charge in [0, 0.05) is 24.7 Å². The summed E-state index contributed by atoms with van der Waals surface area (Å²) in [6.07, 6.45) is 1.19. The third kappa shape index (κ3) is 5.42. The van der Waals surface area contributed by atoms with Gasteiger partial charge in [-0.25, -0.2) is 17.6 Å². The van der Waals surface area contributed by atoms with Crippen LogP contribution >= 0.6 is 0 Å². The second-order valence-electron chi connectivity index (χ2n) is 6.83. The molecule has 29 heavy (non-hydrogen) atoms. The number of halogens is 1. The van der Waals surface area contributed by atoms with E-state index in [0.717, 1.165) is 5.56 Å². The van der Waals surface area contributed by atoms with E-state index >= 15 is 0 Å². The summed E-state index contributed by atoms with van der Waals surface area (Å²) in [7, 11) is -3.33. The summed E-state index contributed by atoms with van der Waals surface area (Å²) < 4.78 is 45.3. The Kier molecular flexibility index (Phi) is 6.66. The van der Waals surface area contributed by atoms with Crippen molar-refractivity contribution in [2.45, 2.75) is 18.9 Å². The highest BCUT2D eigenvalue weighted by Gasteiger charge is 2.32. The van der Waals surface area contributed by atoms with Crippen LogP contribution < -0.4 is 5.32 Å². The molecule has 3 rings (SSSR count). The van der Waals surface area contributed by atoms with Crippen LogP contribution in [-0.2, 0) is 21.4 Å². The van der Waals surface area contributed by atoms with Gasteiger partial charge in [-0.3, -0.25) is 5.32 Å². The van der Waals surface area contributed by atoms with Gasteiger partial charge in [-0.05, 0) is 29.7 Å². The number of benzene rings is 2. The van der Waals surface area contributed by atoms with Crippen molar-refractivity contribution in [3.63, 3.8) is 0 Å². The first-order valence-corrected chi connectivity index (χ1v) is 10.9. The second-order valence-corrected chi connectivity index (χ2v) is 8.92. The number of ether oxygens (including phenoxy) is 1. The summed E-state index contributed by atoms with van der Waals surface area (Å²) >= 11 is 0. The van der Waals surface area contributed by atoms with Gasteiger partial charge < -0.3 is 4.74 Å². The fraction of sp³-hybridized carbons (Fsp3) is 0.286. The Morgan fingerprint density at radius 2 is 2.03 bits per heavy atom. The molecule has 1 saturated heterocycles. The topological polar surface area (TPSA) is 75.7 Å². The third-order valence-corrected chi connectivity index (χ3v) is 6.61. The normalized spacial score (nSPS) is 18.7. The molecule has 1 aliphatic rings. The predicted molar refractivity (Wildman–Crippen MR) is 110 cm³/mol. The van der Waals surface area contributed by atoms with Crippen LogP contribution in [0.25, 0.3) is 0 Å². The van der Waals surface area contributed by atoms with E-state index in [1.165, 1.54) is 16.4 Å². The lowest BCUT2D eigenvalue weighted by atomic mass is 9.95. The first-order valence-electron chi connectivity index (χ1n) is 9.25. The van der Waals surface area contributed by atoms with Crippen LogP contribution in [0.2, 0.25) is 0 Å². The molecule has 0 spiro atoms. The average Bonchev–Trinajstić information content (AvgIpc) is 2.69. The largest absolute Gasteiger partial charge is 0.444 e. The molecule has 0 saturated carbocycles. The Hall–Kier alpha value is -2.71. The molecule has 2 aromatic carbocycles. The molecule has 2 aromatic rings. The van der Waals surface area contributed by atoms with Gasteiger partial charge in [0.15, 0.2) is 0 Å². The van der Waals surface area contributed by atoms with Crippen molar-refractivity contribution in [2.24, 2.45) is 0 Å². The highest BCUT2D eigenvalue weighted by molar-refractivity contribution is 7.89. The summed E-state index contributed by atoms with van der Waals surface area (Å²) in [4.78, 5) is 11.9. The Bertz CT molecular complexity index is 979. The minimum Gasteiger partial charge on any atom is -0.444 e.